The van der Waals surface area contributed by atoms with Gasteiger partial charge in [0.15, 0.2) is 5.88 Å². The van der Waals surface area contributed by atoms with Crippen molar-refractivity contribution in [3.8, 4) is 0 Å². The lowest BCUT2D eigenvalue weighted by Crippen LogP contribution is -2.33. The molecule has 118 valence electrons. The summed E-state index contributed by atoms with van der Waals surface area (Å²) in [6.45, 7) is 20.7. The number of likely N-dealkylation sites (tertiary alicyclic amines) is 1. The Bertz CT molecular complexity index is 589. The maximum Gasteiger partial charge on any atom is 0.191 e. The van der Waals surface area contributed by atoms with Crippen molar-refractivity contribution in [2.24, 2.45) is 0 Å². The molecule has 0 bridgehead atoms. The molecule has 0 spiro atoms. The van der Waals surface area contributed by atoms with Crippen LogP contribution in [0.3, 0.4) is 0 Å². The summed E-state index contributed by atoms with van der Waals surface area (Å²) < 4.78 is 5.93. The van der Waals surface area contributed by atoms with Crippen LogP contribution in [0, 0.1) is 6.92 Å². The first-order valence-corrected chi connectivity index (χ1v) is 7.80. The average molecular weight is 297 g/mol. The van der Waals surface area contributed by atoms with E-state index >= 15 is 0 Å². The van der Waals surface area contributed by atoms with E-state index in [1.807, 2.05) is 25.7 Å². The number of benzene rings is 1. The third-order valence-electron chi connectivity index (χ3n) is 3.88. The summed E-state index contributed by atoms with van der Waals surface area (Å²) in [6, 6.07) is 8.67. The van der Waals surface area contributed by atoms with E-state index in [-0.39, 0.29) is 11.5 Å². The van der Waals surface area contributed by atoms with Gasteiger partial charge in [0.1, 0.15) is 5.60 Å². The van der Waals surface area contributed by atoms with Gasteiger partial charge in [-0.25, -0.2) is 0 Å². The summed E-state index contributed by atoms with van der Waals surface area (Å²) in [6.07, 6.45) is 1.95. The van der Waals surface area contributed by atoms with Crippen LogP contribution >= 0.6 is 0 Å². The van der Waals surface area contributed by atoms with E-state index in [4.69, 9.17) is 4.74 Å². The largest absolute Gasteiger partial charge is 0.473 e. The fraction of sp³-hybridized carbons (Fsp3) is 0.400. The summed E-state index contributed by atoms with van der Waals surface area (Å²) >= 11 is 0. The van der Waals surface area contributed by atoms with Crippen LogP contribution in [-0.4, -0.2) is 10.5 Å². The minimum Gasteiger partial charge on any atom is -0.473 e. The van der Waals surface area contributed by atoms with Crippen LogP contribution in [0.2, 0.25) is 0 Å². The van der Waals surface area contributed by atoms with Crippen molar-refractivity contribution in [2.75, 3.05) is 0 Å². The molecule has 1 aliphatic heterocycles. The van der Waals surface area contributed by atoms with E-state index in [0.717, 1.165) is 24.2 Å². The van der Waals surface area contributed by atoms with Crippen molar-refractivity contribution in [2.45, 2.75) is 52.1 Å². The van der Waals surface area contributed by atoms with Gasteiger partial charge in [-0.3, -0.25) is 4.90 Å². The molecule has 0 aliphatic carbocycles. The topological polar surface area (TPSA) is 12.5 Å². The molecule has 1 aromatic rings. The van der Waals surface area contributed by atoms with E-state index < -0.39 is 0 Å². The van der Waals surface area contributed by atoms with Crippen molar-refractivity contribution in [1.29, 1.82) is 0 Å². The third kappa shape index (κ3) is 3.62. The van der Waals surface area contributed by atoms with Crippen LogP contribution in [0.15, 0.2) is 61.3 Å². The highest BCUT2D eigenvalue weighted by molar-refractivity contribution is 5.35. The second kappa shape index (κ2) is 6.04. The molecule has 2 heteroatoms. The molecular weight excluding hydrogens is 270 g/mol. The molecule has 1 unspecified atom stereocenters. The lowest BCUT2D eigenvalue weighted by molar-refractivity contribution is 0.0150. The number of hydrogen-bond donors (Lipinski definition) is 0. The summed E-state index contributed by atoms with van der Waals surface area (Å²) in [4.78, 5) is 1.99. The smallest absolute Gasteiger partial charge is 0.191 e. The molecule has 1 atom stereocenters. The summed E-state index contributed by atoms with van der Waals surface area (Å²) in [7, 11) is 0. The first kappa shape index (κ1) is 16.4. The van der Waals surface area contributed by atoms with Gasteiger partial charge in [-0.1, -0.05) is 43.0 Å². The monoisotopic (exact) mass is 297 g/mol. The number of piperidine rings is 1. The number of aryl methyl sites for hydroxylation is 1. The van der Waals surface area contributed by atoms with Crippen molar-refractivity contribution in [3.63, 3.8) is 0 Å². The molecule has 0 radical (unpaired) electrons. The minimum atomic E-state index is -0.283. The number of rotatable bonds is 3. The van der Waals surface area contributed by atoms with Crippen LogP contribution in [0.25, 0.3) is 0 Å². The Kier molecular flexibility index (Phi) is 4.50. The van der Waals surface area contributed by atoms with Crippen molar-refractivity contribution >= 4 is 0 Å². The highest BCUT2D eigenvalue weighted by Gasteiger charge is 2.30. The van der Waals surface area contributed by atoms with E-state index in [1.54, 1.807) is 0 Å². The first-order valence-electron chi connectivity index (χ1n) is 7.80. The zero-order valence-corrected chi connectivity index (χ0v) is 14.3. The van der Waals surface area contributed by atoms with Gasteiger partial charge in [-0.05, 0) is 52.7 Å². The molecule has 1 heterocycles. The lowest BCUT2D eigenvalue weighted by Gasteiger charge is -2.40. The van der Waals surface area contributed by atoms with E-state index in [0.29, 0.717) is 5.88 Å². The van der Waals surface area contributed by atoms with Crippen LogP contribution in [0.5, 0.6) is 0 Å². The predicted octanol–water partition coefficient (Wildman–Crippen LogP) is 5.49. The van der Waals surface area contributed by atoms with Crippen LogP contribution in [0.4, 0.5) is 0 Å². The molecule has 0 amide bonds. The maximum atomic E-state index is 5.93. The molecule has 2 nitrogen and oxygen atoms in total. The van der Waals surface area contributed by atoms with Crippen molar-refractivity contribution in [1.82, 2.24) is 4.90 Å². The molecule has 2 rings (SSSR count). The number of ether oxygens (including phenoxy) is 1. The van der Waals surface area contributed by atoms with Crippen LogP contribution in [-0.2, 0) is 4.74 Å². The molecule has 1 saturated heterocycles. The van der Waals surface area contributed by atoms with Gasteiger partial charge in [0.05, 0.1) is 0 Å². The summed E-state index contributed by atoms with van der Waals surface area (Å²) in [5, 5.41) is 0. The van der Waals surface area contributed by atoms with Gasteiger partial charge in [0.25, 0.3) is 0 Å². The fourth-order valence-corrected chi connectivity index (χ4v) is 2.84. The van der Waals surface area contributed by atoms with E-state index in [9.17, 15) is 0 Å². The van der Waals surface area contributed by atoms with Crippen LogP contribution < -0.4 is 0 Å². The highest BCUT2D eigenvalue weighted by Crippen LogP contribution is 2.41. The summed E-state index contributed by atoms with van der Waals surface area (Å²) in [5.74, 6) is 0.894. The van der Waals surface area contributed by atoms with Gasteiger partial charge < -0.3 is 4.74 Å². The molecule has 0 saturated carbocycles. The van der Waals surface area contributed by atoms with Crippen LogP contribution in [0.1, 0.15) is 50.7 Å². The Morgan fingerprint density at radius 3 is 2.32 bits per heavy atom. The van der Waals surface area contributed by atoms with Crippen molar-refractivity contribution in [3.05, 3.63) is 72.4 Å². The standard InChI is InChI=1S/C20H27NO/c1-14-8-11-18(12-9-14)19-13-10-15(2)21(16(19)3)17(4)22-20(5,6)7/h8-9,11-12,19H,2-4,10,13H2,1,5-7H3. The maximum absolute atomic E-state index is 5.93. The molecule has 0 aromatic heterocycles. The lowest BCUT2D eigenvalue weighted by atomic mass is 9.86. The molecule has 1 fully saturated rings. The number of nitrogens with zero attached hydrogens (tertiary/aromatic N) is 1. The zero-order valence-electron chi connectivity index (χ0n) is 14.3. The number of hydrogen-bond acceptors (Lipinski definition) is 2. The van der Waals surface area contributed by atoms with E-state index in [2.05, 4.69) is 50.9 Å². The second-order valence-electron chi connectivity index (χ2n) is 7.00. The predicted molar refractivity (Wildman–Crippen MR) is 93.3 cm³/mol. The Morgan fingerprint density at radius 2 is 1.77 bits per heavy atom. The SMILES string of the molecule is C=C1CCC(c2ccc(C)cc2)C(=C)N1C(=C)OC(C)(C)C. The average Bonchev–Trinajstić information content (AvgIpc) is 2.38. The quantitative estimate of drug-likeness (QED) is 0.684. The number of allylic oxidation sites excluding steroid dienone is 2. The molecular formula is C20H27NO. The van der Waals surface area contributed by atoms with Crippen molar-refractivity contribution < 1.29 is 4.74 Å². The van der Waals surface area contributed by atoms with Gasteiger partial charge in [0.2, 0.25) is 0 Å². The Balaban J connectivity index is 2.23. The summed E-state index contributed by atoms with van der Waals surface area (Å²) in [5.41, 5.74) is 4.27. The van der Waals surface area contributed by atoms with Gasteiger partial charge in [0, 0.05) is 17.3 Å². The zero-order chi connectivity index (χ0) is 16.5. The fourth-order valence-electron chi connectivity index (χ4n) is 2.84. The van der Waals surface area contributed by atoms with E-state index in [1.165, 1.54) is 11.1 Å². The van der Waals surface area contributed by atoms with Gasteiger partial charge in [-0.15, -0.1) is 0 Å². The molecule has 0 N–H and O–H groups in total. The molecule has 1 aromatic carbocycles. The molecule has 1 aliphatic rings. The molecule has 22 heavy (non-hydrogen) atoms. The highest BCUT2D eigenvalue weighted by atomic mass is 16.5. The third-order valence-corrected chi connectivity index (χ3v) is 3.88. The Morgan fingerprint density at radius 1 is 1.18 bits per heavy atom. The normalized spacial score (nSPS) is 19.3. The first-order chi connectivity index (χ1) is 10.2. The minimum absolute atomic E-state index is 0.283. The Hall–Kier alpha value is -1.96. The second-order valence-corrected chi connectivity index (χ2v) is 7.00. The van der Waals surface area contributed by atoms with Gasteiger partial charge >= 0.3 is 0 Å². The Labute approximate surface area is 134 Å². The van der Waals surface area contributed by atoms with Gasteiger partial charge in [-0.2, -0.15) is 0 Å².